The standard InChI is InChI=1S/C14H9N5S/c1-2-6-10(7-3-1)20-14-12-9-5-4-8-11(12)13-15-17-18-19(13)16-14/h1-9H. The number of hydrogen-bond donors (Lipinski definition) is 0. The highest BCUT2D eigenvalue weighted by Crippen LogP contribution is 2.32. The Morgan fingerprint density at radius 3 is 2.45 bits per heavy atom. The zero-order valence-electron chi connectivity index (χ0n) is 10.3. The van der Waals surface area contributed by atoms with E-state index in [0.29, 0.717) is 5.65 Å². The van der Waals surface area contributed by atoms with Gasteiger partial charge in [0.15, 0.2) is 0 Å². The second kappa shape index (κ2) is 4.57. The molecule has 5 nitrogen and oxygen atoms in total. The summed E-state index contributed by atoms with van der Waals surface area (Å²) in [5, 5.41) is 19.1. The van der Waals surface area contributed by atoms with Crippen LogP contribution >= 0.6 is 11.8 Å². The van der Waals surface area contributed by atoms with Crippen molar-refractivity contribution in [3.63, 3.8) is 0 Å². The number of tetrazole rings is 1. The van der Waals surface area contributed by atoms with Crippen LogP contribution in [0.5, 0.6) is 0 Å². The van der Waals surface area contributed by atoms with Crippen LogP contribution in [-0.2, 0) is 0 Å². The maximum Gasteiger partial charge on any atom is 0.207 e. The third-order valence-electron chi connectivity index (χ3n) is 3.00. The van der Waals surface area contributed by atoms with Gasteiger partial charge in [0.25, 0.3) is 0 Å². The van der Waals surface area contributed by atoms with Gasteiger partial charge in [-0.15, -0.1) is 14.8 Å². The Hall–Kier alpha value is -2.47. The summed E-state index contributed by atoms with van der Waals surface area (Å²) in [6.45, 7) is 0. The fourth-order valence-corrected chi connectivity index (χ4v) is 3.01. The van der Waals surface area contributed by atoms with Crippen molar-refractivity contribution in [2.45, 2.75) is 9.92 Å². The minimum Gasteiger partial charge on any atom is -0.139 e. The number of nitrogens with zero attached hydrogens (tertiary/aromatic N) is 5. The van der Waals surface area contributed by atoms with E-state index in [9.17, 15) is 0 Å². The number of benzene rings is 2. The van der Waals surface area contributed by atoms with Crippen LogP contribution in [0.1, 0.15) is 0 Å². The largest absolute Gasteiger partial charge is 0.207 e. The molecule has 20 heavy (non-hydrogen) atoms. The first-order valence-electron chi connectivity index (χ1n) is 6.12. The SMILES string of the molecule is c1ccc(Sc2nn3nnnc3c3ccccc23)cc1. The van der Waals surface area contributed by atoms with E-state index >= 15 is 0 Å². The Kier molecular flexibility index (Phi) is 2.60. The molecule has 4 aromatic rings. The maximum absolute atomic E-state index is 4.50. The smallest absolute Gasteiger partial charge is 0.139 e. The highest BCUT2D eigenvalue weighted by atomic mass is 32.2. The van der Waals surface area contributed by atoms with E-state index in [-0.39, 0.29) is 0 Å². The van der Waals surface area contributed by atoms with E-state index in [0.717, 1.165) is 20.7 Å². The molecule has 2 aromatic heterocycles. The second-order valence-corrected chi connectivity index (χ2v) is 5.32. The lowest BCUT2D eigenvalue weighted by atomic mass is 10.2. The third kappa shape index (κ3) is 1.81. The quantitative estimate of drug-likeness (QED) is 0.564. The summed E-state index contributed by atoms with van der Waals surface area (Å²) in [5.41, 5.74) is 0.679. The van der Waals surface area contributed by atoms with Crippen LogP contribution in [0.2, 0.25) is 0 Å². The second-order valence-electron chi connectivity index (χ2n) is 4.26. The average molecular weight is 279 g/mol. The van der Waals surface area contributed by atoms with Crippen molar-refractivity contribution in [2.75, 3.05) is 0 Å². The van der Waals surface area contributed by atoms with E-state index in [2.05, 4.69) is 32.8 Å². The van der Waals surface area contributed by atoms with Crippen LogP contribution in [0.15, 0.2) is 64.5 Å². The van der Waals surface area contributed by atoms with Crippen LogP contribution in [0, 0.1) is 0 Å². The van der Waals surface area contributed by atoms with E-state index in [1.807, 2.05) is 42.5 Å². The summed E-state index contributed by atoms with van der Waals surface area (Å²) in [4.78, 5) is 1.14. The molecule has 0 aliphatic rings. The van der Waals surface area contributed by atoms with Crippen molar-refractivity contribution in [1.29, 1.82) is 0 Å². The summed E-state index contributed by atoms with van der Waals surface area (Å²) in [6.07, 6.45) is 0. The Morgan fingerprint density at radius 1 is 0.850 bits per heavy atom. The minimum atomic E-state index is 0.679. The topological polar surface area (TPSA) is 56.0 Å². The summed E-state index contributed by atoms with van der Waals surface area (Å²) in [6, 6.07) is 18.2. The molecular weight excluding hydrogens is 270 g/mol. The van der Waals surface area contributed by atoms with E-state index < -0.39 is 0 Å². The normalized spacial score (nSPS) is 11.2. The molecule has 2 aromatic carbocycles. The summed E-state index contributed by atoms with van der Waals surface area (Å²) < 4.78 is 1.48. The van der Waals surface area contributed by atoms with Crippen molar-refractivity contribution < 1.29 is 0 Å². The third-order valence-corrected chi connectivity index (χ3v) is 4.00. The molecule has 0 amide bonds. The van der Waals surface area contributed by atoms with Crippen LogP contribution < -0.4 is 0 Å². The molecule has 0 saturated heterocycles. The molecule has 0 radical (unpaired) electrons. The zero-order valence-corrected chi connectivity index (χ0v) is 11.2. The molecule has 6 heteroatoms. The van der Waals surface area contributed by atoms with Gasteiger partial charge in [-0.3, -0.25) is 0 Å². The predicted octanol–water partition coefficient (Wildman–Crippen LogP) is 2.82. The Bertz CT molecular complexity index is 888. The van der Waals surface area contributed by atoms with Crippen molar-refractivity contribution in [3.05, 3.63) is 54.6 Å². The lowest BCUT2D eigenvalue weighted by Crippen LogP contribution is -1.97. The van der Waals surface area contributed by atoms with Gasteiger partial charge < -0.3 is 0 Å². The van der Waals surface area contributed by atoms with Gasteiger partial charge in [0.05, 0.1) is 0 Å². The number of rotatable bonds is 2. The molecule has 0 fully saturated rings. The van der Waals surface area contributed by atoms with Crippen LogP contribution in [0.25, 0.3) is 16.4 Å². The highest BCUT2D eigenvalue weighted by Gasteiger charge is 2.11. The predicted molar refractivity (Wildman–Crippen MR) is 76.6 cm³/mol. The van der Waals surface area contributed by atoms with Crippen LogP contribution in [-0.4, -0.2) is 25.3 Å². The van der Waals surface area contributed by atoms with Crippen molar-refractivity contribution in [3.8, 4) is 0 Å². The Balaban J connectivity index is 1.96. The van der Waals surface area contributed by atoms with Gasteiger partial charge in [0.1, 0.15) is 5.03 Å². The molecule has 0 aliphatic carbocycles. The van der Waals surface area contributed by atoms with Crippen molar-refractivity contribution >= 4 is 28.2 Å². The summed E-state index contributed by atoms with van der Waals surface area (Å²) in [7, 11) is 0. The fraction of sp³-hybridized carbons (Fsp3) is 0. The molecule has 2 heterocycles. The monoisotopic (exact) mass is 279 g/mol. The Morgan fingerprint density at radius 2 is 1.60 bits per heavy atom. The summed E-state index contributed by atoms with van der Waals surface area (Å²) >= 11 is 1.61. The molecule has 4 rings (SSSR count). The van der Waals surface area contributed by atoms with Gasteiger partial charge in [-0.05, 0) is 22.6 Å². The van der Waals surface area contributed by atoms with Crippen molar-refractivity contribution in [2.24, 2.45) is 0 Å². The van der Waals surface area contributed by atoms with E-state index in [1.54, 1.807) is 11.8 Å². The zero-order chi connectivity index (χ0) is 13.4. The molecule has 0 aliphatic heterocycles. The molecule has 96 valence electrons. The number of fused-ring (bicyclic) bond motifs is 3. The molecule has 0 spiro atoms. The summed E-state index contributed by atoms with van der Waals surface area (Å²) in [5.74, 6) is 0. The van der Waals surface area contributed by atoms with Gasteiger partial charge in [-0.25, -0.2) is 0 Å². The van der Waals surface area contributed by atoms with Gasteiger partial charge in [-0.2, -0.15) is 0 Å². The Labute approximate surface area is 118 Å². The van der Waals surface area contributed by atoms with Crippen molar-refractivity contribution in [1.82, 2.24) is 25.3 Å². The van der Waals surface area contributed by atoms with Crippen LogP contribution in [0.4, 0.5) is 0 Å². The van der Waals surface area contributed by atoms with Gasteiger partial charge in [0, 0.05) is 15.7 Å². The first kappa shape index (κ1) is 11.4. The average Bonchev–Trinajstić information content (AvgIpc) is 2.97. The minimum absolute atomic E-state index is 0.679. The molecular formula is C14H9N5S. The fourth-order valence-electron chi connectivity index (χ4n) is 2.09. The van der Waals surface area contributed by atoms with E-state index in [1.165, 1.54) is 4.63 Å². The lowest BCUT2D eigenvalue weighted by molar-refractivity contribution is 0.709. The molecule has 0 atom stereocenters. The first-order valence-corrected chi connectivity index (χ1v) is 6.93. The van der Waals surface area contributed by atoms with Crippen LogP contribution in [0.3, 0.4) is 0 Å². The number of aromatic nitrogens is 5. The molecule has 0 saturated carbocycles. The maximum atomic E-state index is 4.50. The van der Waals surface area contributed by atoms with Gasteiger partial charge in [-0.1, -0.05) is 54.2 Å². The molecule has 0 bridgehead atoms. The molecule has 0 N–H and O–H groups in total. The lowest BCUT2D eigenvalue weighted by Gasteiger charge is -2.05. The van der Waals surface area contributed by atoms with E-state index in [4.69, 9.17) is 0 Å². The first-order chi connectivity index (χ1) is 9.92. The molecule has 0 unspecified atom stereocenters. The van der Waals surface area contributed by atoms with Gasteiger partial charge in [0.2, 0.25) is 5.65 Å². The number of hydrogen-bond acceptors (Lipinski definition) is 5. The van der Waals surface area contributed by atoms with Gasteiger partial charge >= 0.3 is 0 Å². The highest BCUT2D eigenvalue weighted by molar-refractivity contribution is 7.99.